The van der Waals surface area contributed by atoms with Gasteiger partial charge in [0.2, 0.25) is 0 Å². The lowest BCUT2D eigenvalue weighted by Gasteiger charge is -2.32. The van der Waals surface area contributed by atoms with Gasteiger partial charge in [0.15, 0.2) is 11.5 Å². The molecule has 2 aliphatic rings. The zero-order chi connectivity index (χ0) is 17.0. The molecule has 1 aliphatic heterocycles. The van der Waals surface area contributed by atoms with Crippen LogP contribution in [0.15, 0.2) is 24.5 Å². The average Bonchev–Trinajstić information content (AvgIpc) is 3.19. The van der Waals surface area contributed by atoms with Crippen LogP contribution in [0, 0.1) is 0 Å². The molecule has 0 bridgehead atoms. The van der Waals surface area contributed by atoms with Gasteiger partial charge in [0.05, 0.1) is 0 Å². The summed E-state index contributed by atoms with van der Waals surface area (Å²) < 4.78 is 7.92. The van der Waals surface area contributed by atoms with E-state index in [0.717, 1.165) is 49.3 Å². The molecular weight excluding hydrogens is 312 g/mol. The molecule has 3 aromatic rings. The maximum absolute atomic E-state index is 6.08. The highest BCUT2D eigenvalue weighted by Crippen LogP contribution is 2.33. The topological polar surface area (TPSA) is 52.3 Å². The third kappa shape index (κ3) is 2.58. The van der Waals surface area contributed by atoms with Crippen LogP contribution in [0.1, 0.15) is 54.9 Å². The SMILES string of the molecule is CC1(C)CCc2cc(Cc3nc4c5c(ncn4n3)CCC5)ccc2O1. The smallest absolute Gasteiger partial charge is 0.162 e. The molecule has 1 aromatic carbocycles. The summed E-state index contributed by atoms with van der Waals surface area (Å²) in [5, 5.41) is 4.63. The summed E-state index contributed by atoms with van der Waals surface area (Å²) in [6, 6.07) is 6.48. The minimum atomic E-state index is -0.0644. The molecule has 0 amide bonds. The number of rotatable bonds is 2. The van der Waals surface area contributed by atoms with E-state index in [9.17, 15) is 0 Å². The van der Waals surface area contributed by atoms with Crippen molar-refractivity contribution in [3.63, 3.8) is 0 Å². The van der Waals surface area contributed by atoms with Crippen LogP contribution in [0.3, 0.4) is 0 Å². The fourth-order valence-electron chi connectivity index (χ4n) is 3.97. The van der Waals surface area contributed by atoms with Crippen molar-refractivity contribution in [2.24, 2.45) is 0 Å². The molecule has 0 saturated carbocycles. The molecule has 5 heteroatoms. The summed E-state index contributed by atoms with van der Waals surface area (Å²) in [5.74, 6) is 1.88. The number of nitrogens with zero attached hydrogens (tertiary/aromatic N) is 4. The number of hydrogen-bond donors (Lipinski definition) is 0. The van der Waals surface area contributed by atoms with E-state index < -0.39 is 0 Å². The molecule has 0 unspecified atom stereocenters. The highest BCUT2D eigenvalue weighted by Gasteiger charge is 2.26. The molecule has 25 heavy (non-hydrogen) atoms. The van der Waals surface area contributed by atoms with Crippen molar-refractivity contribution >= 4 is 5.65 Å². The van der Waals surface area contributed by atoms with E-state index in [2.05, 4.69) is 42.1 Å². The summed E-state index contributed by atoms with van der Waals surface area (Å²) in [7, 11) is 0. The summed E-state index contributed by atoms with van der Waals surface area (Å²) in [4.78, 5) is 9.32. The fraction of sp³-hybridized carbons (Fsp3) is 0.450. The van der Waals surface area contributed by atoms with Crippen molar-refractivity contribution in [1.82, 2.24) is 19.6 Å². The summed E-state index contributed by atoms with van der Waals surface area (Å²) >= 11 is 0. The lowest BCUT2D eigenvalue weighted by Crippen LogP contribution is -2.32. The Kier molecular flexibility index (Phi) is 3.14. The van der Waals surface area contributed by atoms with E-state index in [1.165, 1.54) is 28.8 Å². The van der Waals surface area contributed by atoms with Crippen molar-refractivity contribution in [1.29, 1.82) is 0 Å². The third-order valence-corrected chi connectivity index (χ3v) is 5.33. The first-order valence-electron chi connectivity index (χ1n) is 9.10. The predicted octanol–water partition coefficient (Wildman–Crippen LogP) is 3.31. The molecule has 0 spiro atoms. The lowest BCUT2D eigenvalue weighted by atomic mass is 9.93. The maximum Gasteiger partial charge on any atom is 0.162 e. The molecule has 0 atom stereocenters. The number of hydrogen-bond acceptors (Lipinski definition) is 4. The van der Waals surface area contributed by atoms with Crippen molar-refractivity contribution in [2.45, 2.75) is 58.0 Å². The highest BCUT2D eigenvalue weighted by atomic mass is 16.5. The third-order valence-electron chi connectivity index (χ3n) is 5.33. The van der Waals surface area contributed by atoms with Gasteiger partial charge in [0.25, 0.3) is 0 Å². The van der Waals surface area contributed by atoms with Gasteiger partial charge in [-0.1, -0.05) is 12.1 Å². The summed E-state index contributed by atoms with van der Waals surface area (Å²) in [6.07, 6.45) is 7.96. The summed E-state index contributed by atoms with van der Waals surface area (Å²) in [5.41, 5.74) is 5.93. The standard InChI is InChI=1S/C20H22N4O/c1-20(2)9-8-14-10-13(6-7-17(14)25-20)11-18-22-19-15-4-3-5-16(15)21-12-24(19)23-18/h6-7,10,12H,3-5,8-9,11H2,1-2H3. The Bertz CT molecular complexity index is 973. The highest BCUT2D eigenvalue weighted by molar-refractivity contribution is 5.51. The number of benzene rings is 1. The molecule has 0 saturated heterocycles. The van der Waals surface area contributed by atoms with Crippen molar-refractivity contribution < 1.29 is 4.74 Å². The van der Waals surface area contributed by atoms with Crippen molar-refractivity contribution in [2.75, 3.05) is 0 Å². The Hall–Kier alpha value is -2.43. The van der Waals surface area contributed by atoms with Gasteiger partial charge in [-0.25, -0.2) is 14.5 Å². The Labute approximate surface area is 147 Å². The Morgan fingerprint density at radius 2 is 2.12 bits per heavy atom. The van der Waals surface area contributed by atoms with Gasteiger partial charge < -0.3 is 4.74 Å². The van der Waals surface area contributed by atoms with E-state index in [-0.39, 0.29) is 5.60 Å². The van der Waals surface area contributed by atoms with Crippen LogP contribution in [-0.2, 0) is 25.7 Å². The molecule has 3 heterocycles. The zero-order valence-corrected chi connectivity index (χ0v) is 14.7. The molecular formula is C20H22N4O. The van der Waals surface area contributed by atoms with Gasteiger partial charge in [-0.3, -0.25) is 0 Å². The Balaban J connectivity index is 1.45. The maximum atomic E-state index is 6.08. The van der Waals surface area contributed by atoms with Gasteiger partial charge in [-0.05, 0) is 63.1 Å². The van der Waals surface area contributed by atoms with Gasteiger partial charge >= 0.3 is 0 Å². The van der Waals surface area contributed by atoms with Crippen LogP contribution in [-0.4, -0.2) is 25.2 Å². The molecule has 5 nitrogen and oxygen atoms in total. The second kappa shape index (κ2) is 5.28. The normalized spacial score (nSPS) is 18.0. The number of aromatic nitrogens is 4. The minimum absolute atomic E-state index is 0.0644. The zero-order valence-electron chi connectivity index (χ0n) is 14.7. The molecule has 2 aromatic heterocycles. The largest absolute Gasteiger partial charge is 0.488 e. The molecule has 128 valence electrons. The molecule has 1 aliphatic carbocycles. The van der Waals surface area contributed by atoms with Crippen LogP contribution in [0.2, 0.25) is 0 Å². The van der Waals surface area contributed by atoms with Gasteiger partial charge in [0.1, 0.15) is 17.7 Å². The first kappa shape index (κ1) is 14.9. The monoisotopic (exact) mass is 334 g/mol. The van der Waals surface area contributed by atoms with Gasteiger partial charge in [-0.2, -0.15) is 0 Å². The second-order valence-electron chi connectivity index (χ2n) is 7.80. The average molecular weight is 334 g/mol. The first-order valence-corrected chi connectivity index (χ1v) is 9.10. The second-order valence-corrected chi connectivity index (χ2v) is 7.80. The van der Waals surface area contributed by atoms with Crippen LogP contribution < -0.4 is 4.74 Å². The van der Waals surface area contributed by atoms with Crippen LogP contribution in [0.5, 0.6) is 5.75 Å². The molecule has 0 radical (unpaired) electrons. The number of aryl methyl sites for hydroxylation is 3. The number of ether oxygens (including phenoxy) is 1. The Morgan fingerprint density at radius 1 is 1.20 bits per heavy atom. The van der Waals surface area contributed by atoms with E-state index >= 15 is 0 Å². The molecule has 5 rings (SSSR count). The minimum Gasteiger partial charge on any atom is -0.488 e. The van der Waals surface area contributed by atoms with E-state index in [4.69, 9.17) is 9.72 Å². The van der Waals surface area contributed by atoms with E-state index in [1.54, 1.807) is 6.33 Å². The van der Waals surface area contributed by atoms with Crippen molar-refractivity contribution in [3.05, 3.63) is 52.7 Å². The van der Waals surface area contributed by atoms with Crippen molar-refractivity contribution in [3.8, 4) is 5.75 Å². The quantitative estimate of drug-likeness (QED) is 0.721. The van der Waals surface area contributed by atoms with Gasteiger partial charge in [-0.15, -0.1) is 5.10 Å². The van der Waals surface area contributed by atoms with E-state index in [0.29, 0.717) is 0 Å². The number of fused-ring (bicyclic) bond motifs is 4. The van der Waals surface area contributed by atoms with Crippen LogP contribution in [0.4, 0.5) is 0 Å². The molecule has 0 fully saturated rings. The van der Waals surface area contributed by atoms with Crippen LogP contribution in [0.25, 0.3) is 5.65 Å². The summed E-state index contributed by atoms with van der Waals surface area (Å²) in [6.45, 7) is 4.30. The lowest BCUT2D eigenvalue weighted by molar-refractivity contribution is 0.0846. The first-order chi connectivity index (χ1) is 12.1. The van der Waals surface area contributed by atoms with Crippen LogP contribution >= 0.6 is 0 Å². The molecule has 0 N–H and O–H groups in total. The Morgan fingerprint density at radius 3 is 3.04 bits per heavy atom. The fourth-order valence-corrected chi connectivity index (χ4v) is 3.97. The van der Waals surface area contributed by atoms with Gasteiger partial charge in [0, 0.05) is 17.7 Å². The van der Waals surface area contributed by atoms with E-state index in [1.807, 2.05) is 4.52 Å². The predicted molar refractivity (Wildman–Crippen MR) is 95.1 cm³/mol.